The van der Waals surface area contributed by atoms with Crippen LogP contribution in [0.5, 0.6) is 0 Å². The van der Waals surface area contributed by atoms with Gasteiger partial charge in [0.05, 0.1) is 22.4 Å². The predicted octanol–water partition coefficient (Wildman–Crippen LogP) is 14.2. The first-order valence-electron chi connectivity index (χ1n) is 20.0. The number of para-hydroxylation sites is 2. The quantitative estimate of drug-likeness (QED) is 0.170. The maximum absolute atomic E-state index is 5.17. The summed E-state index contributed by atoms with van der Waals surface area (Å²) in [4.78, 5) is 10.2. The Bertz CT molecular complexity index is 3080. The van der Waals surface area contributed by atoms with Crippen molar-refractivity contribution in [2.24, 2.45) is 0 Å². The summed E-state index contributed by atoms with van der Waals surface area (Å²) in [6.45, 7) is 4.71. The van der Waals surface area contributed by atoms with Crippen LogP contribution in [0.25, 0.3) is 94.8 Å². The van der Waals surface area contributed by atoms with E-state index in [1.165, 1.54) is 55.2 Å². The zero-order chi connectivity index (χ0) is 38.8. The maximum Gasteiger partial charge on any atom is 0.160 e. The van der Waals surface area contributed by atoms with Gasteiger partial charge in [-0.2, -0.15) is 0 Å². The summed E-state index contributed by atoms with van der Waals surface area (Å²) in [5.74, 6) is 0.708. The highest BCUT2D eigenvalue weighted by Crippen LogP contribution is 2.50. The topological polar surface area (TPSA) is 30.7 Å². The highest BCUT2D eigenvalue weighted by molar-refractivity contribution is 6.09. The van der Waals surface area contributed by atoms with Crippen molar-refractivity contribution < 1.29 is 0 Å². The molecule has 0 bridgehead atoms. The smallest absolute Gasteiger partial charge is 0.160 e. The molecule has 0 saturated carbocycles. The van der Waals surface area contributed by atoms with Gasteiger partial charge < -0.3 is 4.57 Å². The Labute approximate surface area is 338 Å². The monoisotopic (exact) mass is 741 g/mol. The van der Waals surface area contributed by atoms with Gasteiger partial charge in [0.25, 0.3) is 0 Å². The van der Waals surface area contributed by atoms with E-state index in [4.69, 9.17) is 9.97 Å². The molecule has 1 aliphatic carbocycles. The normalized spacial score (nSPS) is 12.8. The lowest BCUT2D eigenvalue weighted by atomic mass is 9.81. The second-order valence-electron chi connectivity index (χ2n) is 15.8. The van der Waals surface area contributed by atoms with Gasteiger partial charge in [0.15, 0.2) is 5.82 Å². The van der Waals surface area contributed by atoms with Crippen molar-refractivity contribution in [2.75, 3.05) is 0 Å². The van der Waals surface area contributed by atoms with Crippen LogP contribution in [0.15, 0.2) is 200 Å². The predicted molar refractivity (Wildman–Crippen MR) is 241 cm³/mol. The molecule has 0 saturated heterocycles. The molecule has 0 unspecified atom stereocenters. The summed E-state index contributed by atoms with van der Waals surface area (Å²) >= 11 is 0. The van der Waals surface area contributed by atoms with Gasteiger partial charge in [0.2, 0.25) is 0 Å². The van der Waals surface area contributed by atoms with Gasteiger partial charge in [-0.15, -0.1) is 0 Å². The molecule has 274 valence electrons. The van der Waals surface area contributed by atoms with Crippen LogP contribution < -0.4 is 0 Å². The van der Waals surface area contributed by atoms with Gasteiger partial charge >= 0.3 is 0 Å². The van der Waals surface area contributed by atoms with E-state index in [0.29, 0.717) is 5.82 Å². The van der Waals surface area contributed by atoms with Crippen LogP contribution in [-0.4, -0.2) is 14.5 Å². The molecule has 10 aromatic rings. The zero-order valence-electron chi connectivity index (χ0n) is 32.4. The van der Waals surface area contributed by atoms with E-state index in [9.17, 15) is 0 Å². The molecule has 0 aliphatic heterocycles. The van der Waals surface area contributed by atoms with E-state index in [1.54, 1.807) is 0 Å². The number of rotatable bonds is 6. The molecule has 1 aliphatic rings. The summed E-state index contributed by atoms with van der Waals surface area (Å²) in [6, 6.07) is 72.0. The molecule has 0 atom stereocenters. The van der Waals surface area contributed by atoms with Crippen LogP contribution >= 0.6 is 0 Å². The zero-order valence-corrected chi connectivity index (χ0v) is 32.4. The number of fused-ring (bicyclic) bond motifs is 6. The van der Waals surface area contributed by atoms with Crippen LogP contribution in [0.1, 0.15) is 25.0 Å². The summed E-state index contributed by atoms with van der Waals surface area (Å²) in [5.41, 5.74) is 18.3. The number of hydrogen-bond donors (Lipinski definition) is 0. The Morgan fingerprint density at radius 3 is 1.59 bits per heavy atom. The lowest BCUT2D eigenvalue weighted by Gasteiger charge is -2.22. The summed E-state index contributed by atoms with van der Waals surface area (Å²) in [7, 11) is 0. The Kier molecular flexibility index (Phi) is 7.84. The van der Waals surface area contributed by atoms with Crippen LogP contribution in [0.3, 0.4) is 0 Å². The third-order valence-corrected chi connectivity index (χ3v) is 12.0. The molecule has 8 aromatic carbocycles. The Hall–Kier alpha value is -7.36. The van der Waals surface area contributed by atoms with Crippen LogP contribution in [-0.2, 0) is 5.41 Å². The molecule has 2 aromatic heterocycles. The molecular weight excluding hydrogens is 703 g/mol. The van der Waals surface area contributed by atoms with E-state index >= 15 is 0 Å². The van der Waals surface area contributed by atoms with Gasteiger partial charge in [0.1, 0.15) is 0 Å². The summed E-state index contributed by atoms with van der Waals surface area (Å²) in [6.07, 6.45) is 0. The van der Waals surface area contributed by atoms with Gasteiger partial charge in [-0.25, -0.2) is 9.97 Å². The number of hydrogen-bond acceptors (Lipinski definition) is 2. The first-order valence-corrected chi connectivity index (χ1v) is 20.0. The van der Waals surface area contributed by atoms with Crippen LogP contribution in [0, 0.1) is 0 Å². The van der Waals surface area contributed by atoms with E-state index in [1.807, 2.05) is 24.3 Å². The van der Waals surface area contributed by atoms with Crippen molar-refractivity contribution in [3.63, 3.8) is 0 Å². The molecule has 0 amide bonds. The molecule has 2 heterocycles. The molecule has 0 fully saturated rings. The average molecular weight is 742 g/mol. The van der Waals surface area contributed by atoms with E-state index in [2.05, 4.69) is 194 Å². The third kappa shape index (κ3) is 5.58. The Balaban J connectivity index is 1.11. The summed E-state index contributed by atoms with van der Waals surface area (Å²) in [5, 5.41) is 2.49. The van der Waals surface area contributed by atoms with E-state index < -0.39 is 0 Å². The molecule has 11 rings (SSSR count). The lowest BCUT2D eigenvalue weighted by Crippen LogP contribution is -2.14. The molecule has 3 heteroatoms. The minimum Gasteiger partial charge on any atom is -0.309 e. The van der Waals surface area contributed by atoms with Gasteiger partial charge in [-0.3, -0.25) is 0 Å². The van der Waals surface area contributed by atoms with Gasteiger partial charge in [0, 0.05) is 38.6 Å². The van der Waals surface area contributed by atoms with Crippen molar-refractivity contribution in [2.45, 2.75) is 19.3 Å². The molecule has 3 nitrogen and oxygen atoms in total. The number of aromatic nitrogens is 3. The number of benzene rings is 8. The van der Waals surface area contributed by atoms with Crippen molar-refractivity contribution in [1.29, 1.82) is 0 Å². The fourth-order valence-electron chi connectivity index (χ4n) is 9.08. The van der Waals surface area contributed by atoms with Crippen LogP contribution in [0.4, 0.5) is 0 Å². The van der Waals surface area contributed by atoms with Crippen molar-refractivity contribution >= 4 is 21.8 Å². The molecule has 58 heavy (non-hydrogen) atoms. The van der Waals surface area contributed by atoms with E-state index in [-0.39, 0.29) is 5.41 Å². The SMILES string of the molecule is CC1(C)c2ccccc2-c2ccc(-c3cc(-c4cccc(-c5cc(-c6ccccc6)nc(-c6ccccc6)n5)c4)cc(-n4c5ccccc5c5ccccc54)c3)cc21. The van der Waals surface area contributed by atoms with Crippen LogP contribution in [0.2, 0.25) is 0 Å². The number of nitrogens with zero attached hydrogens (tertiary/aromatic N) is 3. The first-order chi connectivity index (χ1) is 28.5. The standard InChI is InChI=1S/C55H39N3/c1-55(2)48-25-12-9-22-44(48)45-29-28-39(34-49(45)55)42-31-41(32-43(33-42)58-52-26-13-10-23-46(52)47-24-11-14-27-53(47)58)38-20-15-21-40(30-38)51-35-50(36-16-5-3-6-17-36)56-54(57-51)37-18-7-4-8-19-37/h3-35H,1-2H3. The second-order valence-corrected chi connectivity index (χ2v) is 15.8. The Morgan fingerprint density at radius 2 is 0.879 bits per heavy atom. The molecule has 0 spiro atoms. The largest absolute Gasteiger partial charge is 0.309 e. The fourth-order valence-corrected chi connectivity index (χ4v) is 9.08. The fraction of sp³-hybridized carbons (Fsp3) is 0.0545. The van der Waals surface area contributed by atoms with Crippen molar-refractivity contribution in [3.05, 3.63) is 211 Å². The highest BCUT2D eigenvalue weighted by atomic mass is 15.0. The van der Waals surface area contributed by atoms with Crippen molar-refractivity contribution in [1.82, 2.24) is 14.5 Å². The lowest BCUT2D eigenvalue weighted by molar-refractivity contribution is 0.660. The minimum absolute atomic E-state index is 0.0989. The molecule has 0 radical (unpaired) electrons. The maximum atomic E-state index is 5.17. The van der Waals surface area contributed by atoms with Gasteiger partial charge in [-0.05, 0) is 93.0 Å². The minimum atomic E-state index is -0.0989. The average Bonchev–Trinajstić information content (AvgIpc) is 3.75. The highest BCUT2D eigenvalue weighted by Gasteiger charge is 2.35. The molecule has 0 N–H and O–H groups in total. The van der Waals surface area contributed by atoms with Crippen molar-refractivity contribution in [3.8, 4) is 73.0 Å². The van der Waals surface area contributed by atoms with Gasteiger partial charge in [-0.1, -0.05) is 166 Å². The second kappa shape index (κ2) is 13.4. The third-order valence-electron chi connectivity index (χ3n) is 12.0. The summed E-state index contributed by atoms with van der Waals surface area (Å²) < 4.78 is 2.43. The Morgan fingerprint density at radius 1 is 0.362 bits per heavy atom. The van der Waals surface area contributed by atoms with E-state index in [0.717, 1.165) is 44.9 Å². The molecular formula is C55H39N3. The first kappa shape index (κ1) is 33.9.